The van der Waals surface area contributed by atoms with Crippen molar-refractivity contribution in [2.75, 3.05) is 19.8 Å². The number of rotatable bonds is 4. The molecule has 20 heavy (non-hydrogen) atoms. The minimum atomic E-state index is -1.31. The molecule has 2 unspecified atom stereocenters. The highest BCUT2D eigenvalue weighted by Gasteiger charge is 2.49. The van der Waals surface area contributed by atoms with Gasteiger partial charge >= 0.3 is 12.0 Å². The van der Waals surface area contributed by atoms with Gasteiger partial charge in [0.15, 0.2) is 0 Å². The van der Waals surface area contributed by atoms with Crippen molar-refractivity contribution in [1.29, 1.82) is 0 Å². The van der Waals surface area contributed by atoms with Crippen LogP contribution in [0, 0.1) is 5.92 Å². The molecule has 8 heteroatoms. The third-order valence-corrected chi connectivity index (χ3v) is 3.92. The van der Waals surface area contributed by atoms with E-state index in [-0.39, 0.29) is 19.1 Å². The van der Waals surface area contributed by atoms with E-state index in [1.807, 2.05) is 0 Å². The van der Waals surface area contributed by atoms with Crippen molar-refractivity contribution in [1.82, 2.24) is 10.2 Å². The highest BCUT2D eigenvalue weighted by Crippen LogP contribution is 2.39. The Morgan fingerprint density at radius 1 is 1.40 bits per heavy atom. The van der Waals surface area contributed by atoms with Crippen LogP contribution in [-0.4, -0.2) is 59.3 Å². The maximum Gasteiger partial charge on any atom is 0.329 e. The number of aliphatic carboxylic acids is 1. The first-order valence-corrected chi connectivity index (χ1v) is 6.55. The van der Waals surface area contributed by atoms with Gasteiger partial charge in [-0.15, -0.1) is 0 Å². The monoisotopic (exact) mass is 285 g/mol. The van der Waals surface area contributed by atoms with Gasteiger partial charge in [0.25, 0.3) is 0 Å². The second kappa shape index (κ2) is 5.28. The van der Waals surface area contributed by atoms with Crippen LogP contribution in [0.1, 0.15) is 19.8 Å². The lowest BCUT2D eigenvalue weighted by molar-refractivity contribution is -0.144. The zero-order chi connectivity index (χ0) is 14.9. The molecule has 2 aliphatic rings. The molecular weight excluding hydrogens is 266 g/mol. The first kappa shape index (κ1) is 14.6. The summed E-state index contributed by atoms with van der Waals surface area (Å²) in [5.41, 5.74) is 3.93. The van der Waals surface area contributed by atoms with Crippen LogP contribution < -0.4 is 11.1 Å². The minimum Gasteiger partial charge on any atom is -0.480 e. The van der Waals surface area contributed by atoms with E-state index in [4.69, 9.17) is 10.5 Å². The molecule has 112 valence electrons. The number of nitrogens with two attached hydrogens (primary N) is 1. The summed E-state index contributed by atoms with van der Waals surface area (Å²) in [7, 11) is 0. The molecule has 1 saturated heterocycles. The van der Waals surface area contributed by atoms with Crippen LogP contribution in [0.3, 0.4) is 0 Å². The molecule has 8 nitrogen and oxygen atoms in total. The highest BCUT2D eigenvalue weighted by atomic mass is 16.5. The SMILES string of the molecule is CC(NC(=O)N1CCOCC1C(N)=O)(C(=O)O)C1CC1. The number of carbonyl (C=O) groups is 3. The summed E-state index contributed by atoms with van der Waals surface area (Å²) < 4.78 is 5.12. The summed E-state index contributed by atoms with van der Waals surface area (Å²) in [6, 6.07) is -1.45. The number of primary amides is 1. The summed E-state index contributed by atoms with van der Waals surface area (Å²) in [5, 5.41) is 11.8. The van der Waals surface area contributed by atoms with Crippen molar-refractivity contribution in [2.24, 2.45) is 11.7 Å². The normalized spacial score (nSPS) is 25.6. The molecule has 0 aromatic heterocycles. The number of carbonyl (C=O) groups excluding carboxylic acids is 2. The fraction of sp³-hybridized carbons (Fsp3) is 0.750. The van der Waals surface area contributed by atoms with Gasteiger partial charge in [0.2, 0.25) is 5.91 Å². The summed E-state index contributed by atoms with van der Waals surface area (Å²) in [5.74, 6) is -1.81. The van der Waals surface area contributed by atoms with Crippen molar-refractivity contribution in [3.8, 4) is 0 Å². The van der Waals surface area contributed by atoms with E-state index in [9.17, 15) is 19.5 Å². The van der Waals surface area contributed by atoms with Crippen molar-refractivity contribution >= 4 is 17.9 Å². The molecule has 1 aliphatic carbocycles. The van der Waals surface area contributed by atoms with Crippen molar-refractivity contribution in [3.63, 3.8) is 0 Å². The van der Waals surface area contributed by atoms with Gasteiger partial charge < -0.3 is 25.8 Å². The van der Waals surface area contributed by atoms with Gasteiger partial charge in [0.1, 0.15) is 11.6 Å². The van der Waals surface area contributed by atoms with E-state index in [1.54, 1.807) is 0 Å². The van der Waals surface area contributed by atoms with E-state index >= 15 is 0 Å². The number of amides is 3. The Labute approximate surface area is 116 Å². The Bertz CT molecular complexity index is 437. The van der Waals surface area contributed by atoms with Crippen LogP contribution in [0.2, 0.25) is 0 Å². The zero-order valence-electron chi connectivity index (χ0n) is 11.3. The molecule has 1 aliphatic heterocycles. The third-order valence-electron chi connectivity index (χ3n) is 3.92. The average Bonchev–Trinajstić information content (AvgIpc) is 3.22. The van der Waals surface area contributed by atoms with Crippen LogP contribution in [0.5, 0.6) is 0 Å². The molecule has 1 heterocycles. The Balaban J connectivity index is 2.09. The molecule has 0 aromatic carbocycles. The van der Waals surface area contributed by atoms with E-state index in [1.165, 1.54) is 11.8 Å². The molecule has 4 N–H and O–H groups in total. The highest BCUT2D eigenvalue weighted by molar-refractivity contribution is 5.90. The maximum absolute atomic E-state index is 12.3. The number of carboxylic acid groups (broad SMARTS) is 1. The van der Waals surface area contributed by atoms with Gasteiger partial charge in [-0.25, -0.2) is 9.59 Å². The van der Waals surface area contributed by atoms with Crippen LogP contribution in [-0.2, 0) is 14.3 Å². The summed E-state index contributed by atoms with van der Waals surface area (Å²) in [6.45, 7) is 2.03. The van der Waals surface area contributed by atoms with Crippen molar-refractivity contribution in [2.45, 2.75) is 31.3 Å². The number of hydrogen-bond acceptors (Lipinski definition) is 4. The fourth-order valence-corrected chi connectivity index (χ4v) is 2.37. The number of hydrogen-bond donors (Lipinski definition) is 3. The van der Waals surface area contributed by atoms with Crippen molar-refractivity contribution < 1.29 is 24.2 Å². The molecule has 0 aromatic rings. The van der Waals surface area contributed by atoms with Gasteiger partial charge in [0.05, 0.1) is 13.2 Å². The van der Waals surface area contributed by atoms with E-state index < -0.39 is 29.5 Å². The van der Waals surface area contributed by atoms with E-state index in [0.717, 1.165) is 12.8 Å². The second-order valence-electron chi connectivity index (χ2n) is 5.40. The predicted octanol–water partition coefficient (Wildman–Crippen LogP) is -0.865. The van der Waals surface area contributed by atoms with Gasteiger partial charge in [-0.1, -0.05) is 0 Å². The number of nitrogens with zero attached hydrogens (tertiary/aromatic N) is 1. The average molecular weight is 285 g/mol. The van der Waals surface area contributed by atoms with Gasteiger partial charge in [-0.05, 0) is 25.7 Å². The van der Waals surface area contributed by atoms with E-state index in [0.29, 0.717) is 6.61 Å². The largest absolute Gasteiger partial charge is 0.480 e. The standard InChI is InChI=1S/C12H19N3O5/c1-12(10(17)18,7-2-3-7)14-11(19)15-4-5-20-6-8(15)9(13)16/h7-8H,2-6H2,1H3,(H2,13,16)(H,14,19)(H,17,18). The van der Waals surface area contributed by atoms with Gasteiger partial charge in [-0.2, -0.15) is 0 Å². The maximum atomic E-state index is 12.3. The quantitative estimate of drug-likeness (QED) is 0.620. The van der Waals surface area contributed by atoms with Crippen LogP contribution in [0.15, 0.2) is 0 Å². The molecule has 0 radical (unpaired) electrons. The molecule has 2 atom stereocenters. The minimum absolute atomic E-state index is 0.0377. The fourth-order valence-electron chi connectivity index (χ4n) is 2.37. The lowest BCUT2D eigenvalue weighted by Crippen LogP contribution is -2.63. The zero-order valence-corrected chi connectivity index (χ0v) is 11.3. The molecule has 2 fully saturated rings. The molecule has 3 amide bonds. The molecule has 2 rings (SSSR count). The number of morpholine rings is 1. The van der Waals surface area contributed by atoms with E-state index in [2.05, 4.69) is 5.32 Å². The van der Waals surface area contributed by atoms with Crippen LogP contribution in [0.4, 0.5) is 4.79 Å². The number of carboxylic acids is 1. The third kappa shape index (κ3) is 2.69. The Hall–Kier alpha value is -1.83. The molecule has 0 bridgehead atoms. The number of ether oxygens (including phenoxy) is 1. The molecule has 0 spiro atoms. The summed E-state index contributed by atoms with van der Waals surface area (Å²) in [6.07, 6.45) is 1.54. The Morgan fingerprint density at radius 2 is 2.05 bits per heavy atom. The predicted molar refractivity (Wildman–Crippen MR) is 67.8 cm³/mol. The molecule has 1 saturated carbocycles. The lowest BCUT2D eigenvalue weighted by atomic mass is 9.96. The van der Waals surface area contributed by atoms with Crippen molar-refractivity contribution in [3.05, 3.63) is 0 Å². The van der Waals surface area contributed by atoms with Gasteiger partial charge in [-0.3, -0.25) is 4.79 Å². The smallest absolute Gasteiger partial charge is 0.329 e. The summed E-state index contributed by atoms with van der Waals surface area (Å²) >= 11 is 0. The lowest BCUT2D eigenvalue weighted by Gasteiger charge is -2.36. The number of nitrogens with one attached hydrogen (secondary N) is 1. The van der Waals surface area contributed by atoms with Gasteiger partial charge in [0, 0.05) is 6.54 Å². The molecular formula is C12H19N3O5. The first-order valence-electron chi connectivity index (χ1n) is 6.55. The summed E-state index contributed by atoms with van der Waals surface area (Å²) in [4.78, 5) is 36.2. The topological polar surface area (TPSA) is 122 Å². The number of urea groups is 1. The van der Waals surface area contributed by atoms with Crippen LogP contribution >= 0.6 is 0 Å². The Kier molecular flexibility index (Phi) is 3.85. The second-order valence-corrected chi connectivity index (χ2v) is 5.40. The van der Waals surface area contributed by atoms with Crippen LogP contribution in [0.25, 0.3) is 0 Å². The Morgan fingerprint density at radius 3 is 2.55 bits per heavy atom. The first-order chi connectivity index (χ1) is 9.36.